The highest BCUT2D eigenvalue weighted by Gasteiger charge is 2.37. The summed E-state index contributed by atoms with van der Waals surface area (Å²) < 4.78 is 11.4. The first-order valence-corrected chi connectivity index (χ1v) is 9.33. The number of hydrogen-bond acceptors (Lipinski definition) is 5. The average molecular weight is 460 g/mol. The summed E-state index contributed by atoms with van der Waals surface area (Å²) in [7, 11) is 0. The molecule has 6 nitrogen and oxygen atoms in total. The maximum absolute atomic E-state index is 12.4. The smallest absolute Gasteiger partial charge is 0.411 e. The Balaban J connectivity index is 0.00000364. The zero-order chi connectivity index (χ0) is 19.5. The van der Waals surface area contributed by atoms with Crippen molar-refractivity contribution in [2.45, 2.75) is 52.2 Å². The molecule has 8 heteroatoms. The summed E-state index contributed by atoms with van der Waals surface area (Å²) in [4.78, 5) is 38.2. The van der Waals surface area contributed by atoms with Gasteiger partial charge in [-0.05, 0) is 58.2 Å². The van der Waals surface area contributed by atoms with Gasteiger partial charge >= 0.3 is 12.1 Å². The second kappa shape index (κ2) is 9.59. The summed E-state index contributed by atoms with van der Waals surface area (Å²) in [6, 6.07) is 4.49. The highest BCUT2D eigenvalue weighted by atomic mass is 79.9. The number of halogens is 1. The molecule has 0 unspecified atom stereocenters. The van der Waals surface area contributed by atoms with E-state index < -0.39 is 23.7 Å². The lowest BCUT2D eigenvalue weighted by Gasteiger charge is -2.27. The minimum Gasteiger partial charge on any atom is -0.456 e. The molecule has 1 fully saturated rings. The molecule has 1 amide bonds. The van der Waals surface area contributed by atoms with Gasteiger partial charge in [-0.15, -0.1) is 0 Å². The highest BCUT2D eigenvalue weighted by Crippen LogP contribution is 2.22. The number of ketones is 1. The van der Waals surface area contributed by atoms with Crippen LogP contribution in [-0.4, -0.2) is 47.5 Å². The third kappa shape index (κ3) is 6.53. The summed E-state index contributed by atoms with van der Waals surface area (Å²) in [5.74, 6) is -0.855. The molecule has 0 aromatic heterocycles. The molecule has 0 aliphatic carbocycles. The SMILES string of the molecule is Cc1cc(C(=O)COC(=O)[C@@H]2CCCN2C(=O)OC(C)(C)C)ccc1Br.S. The van der Waals surface area contributed by atoms with E-state index in [1.54, 1.807) is 39.0 Å². The van der Waals surface area contributed by atoms with Crippen LogP contribution in [0.25, 0.3) is 0 Å². The summed E-state index contributed by atoms with van der Waals surface area (Å²) in [6.45, 7) is 7.28. The van der Waals surface area contributed by atoms with Crippen molar-refractivity contribution in [1.82, 2.24) is 4.90 Å². The van der Waals surface area contributed by atoms with Gasteiger partial charge in [0.2, 0.25) is 0 Å². The number of ether oxygens (including phenoxy) is 2. The number of esters is 1. The van der Waals surface area contributed by atoms with E-state index in [0.717, 1.165) is 10.0 Å². The fourth-order valence-electron chi connectivity index (χ4n) is 2.69. The average Bonchev–Trinajstić information content (AvgIpc) is 3.03. The van der Waals surface area contributed by atoms with Crippen molar-refractivity contribution in [2.24, 2.45) is 0 Å². The predicted molar refractivity (Wildman–Crippen MR) is 111 cm³/mol. The first kappa shape index (κ1) is 23.5. The minimum atomic E-state index is -0.704. The Morgan fingerprint density at radius 1 is 1.26 bits per heavy atom. The van der Waals surface area contributed by atoms with Crippen LogP contribution in [0.2, 0.25) is 0 Å². The Morgan fingerprint density at radius 2 is 1.93 bits per heavy atom. The second-order valence-electron chi connectivity index (χ2n) is 7.33. The molecule has 1 heterocycles. The number of carbonyl (C=O) groups excluding carboxylic acids is 3. The van der Waals surface area contributed by atoms with Gasteiger partial charge in [0.1, 0.15) is 11.6 Å². The van der Waals surface area contributed by atoms with Crippen LogP contribution < -0.4 is 0 Å². The third-order valence-electron chi connectivity index (χ3n) is 3.98. The maximum atomic E-state index is 12.4. The molecule has 0 spiro atoms. The Hall–Kier alpha value is -1.54. The molecule has 150 valence electrons. The first-order valence-electron chi connectivity index (χ1n) is 8.54. The largest absolute Gasteiger partial charge is 0.456 e. The predicted octanol–water partition coefficient (Wildman–Crippen LogP) is 4.00. The van der Waals surface area contributed by atoms with E-state index in [9.17, 15) is 14.4 Å². The molecule has 1 aromatic carbocycles. The summed E-state index contributed by atoms with van der Waals surface area (Å²) >= 11 is 3.38. The van der Waals surface area contributed by atoms with Crippen molar-refractivity contribution in [3.05, 3.63) is 33.8 Å². The lowest BCUT2D eigenvalue weighted by Crippen LogP contribution is -2.44. The topological polar surface area (TPSA) is 72.9 Å². The number of hydrogen-bond donors (Lipinski definition) is 0. The van der Waals surface area contributed by atoms with Gasteiger partial charge < -0.3 is 9.47 Å². The first-order chi connectivity index (χ1) is 12.1. The van der Waals surface area contributed by atoms with Gasteiger partial charge in [0.05, 0.1) is 0 Å². The van der Waals surface area contributed by atoms with E-state index in [0.29, 0.717) is 24.9 Å². The fourth-order valence-corrected chi connectivity index (χ4v) is 2.93. The number of nitrogens with zero attached hydrogens (tertiary/aromatic N) is 1. The number of Topliss-reactive ketones (excluding diaryl/α,β-unsaturated/α-hetero) is 1. The van der Waals surface area contributed by atoms with Gasteiger partial charge in [0, 0.05) is 16.6 Å². The van der Waals surface area contributed by atoms with E-state index >= 15 is 0 Å². The highest BCUT2D eigenvalue weighted by molar-refractivity contribution is 9.10. The van der Waals surface area contributed by atoms with Crippen molar-refractivity contribution in [1.29, 1.82) is 0 Å². The zero-order valence-electron chi connectivity index (χ0n) is 16.0. The Kier molecular flexibility index (Phi) is 8.35. The molecule has 0 radical (unpaired) electrons. The van der Waals surface area contributed by atoms with E-state index in [1.807, 2.05) is 6.92 Å². The summed E-state index contributed by atoms with van der Waals surface area (Å²) in [5, 5.41) is 0. The van der Waals surface area contributed by atoms with Gasteiger partial charge in [-0.1, -0.05) is 22.0 Å². The standard InChI is InChI=1S/C19H24BrNO5.H2S/c1-12-10-13(7-8-14(12)20)16(22)11-25-17(23)15-6-5-9-21(15)18(24)26-19(2,3)4;/h7-8,10,15H,5-6,9,11H2,1-4H3;1H2/t15-;/m0./s1. The normalized spacial score (nSPS) is 16.5. The van der Waals surface area contributed by atoms with Gasteiger partial charge in [-0.25, -0.2) is 9.59 Å². The molecule has 1 atom stereocenters. The Morgan fingerprint density at radius 3 is 2.52 bits per heavy atom. The second-order valence-corrected chi connectivity index (χ2v) is 8.18. The number of aryl methyl sites for hydroxylation is 1. The molecular weight excluding hydrogens is 434 g/mol. The van der Waals surface area contributed by atoms with Crippen LogP contribution in [0.1, 0.15) is 49.5 Å². The van der Waals surface area contributed by atoms with Crippen LogP contribution in [0.4, 0.5) is 4.79 Å². The zero-order valence-corrected chi connectivity index (χ0v) is 18.6. The third-order valence-corrected chi connectivity index (χ3v) is 4.87. The van der Waals surface area contributed by atoms with Crippen LogP contribution in [0.5, 0.6) is 0 Å². The lowest BCUT2D eigenvalue weighted by atomic mass is 10.1. The molecule has 0 bridgehead atoms. The molecule has 1 aliphatic rings. The van der Waals surface area contributed by atoms with Gasteiger partial charge in [0.15, 0.2) is 12.4 Å². The van der Waals surface area contributed by atoms with Crippen LogP contribution in [0.3, 0.4) is 0 Å². The Bertz CT molecular complexity index is 717. The van der Waals surface area contributed by atoms with Crippen molar-refractivity contribution in [2.75, 3.05) is 13.2 Å². The van der Waals surface area contributed by atoms with E-state index in [2.05, 4.69) is 15.9 Å². The van der Waals surface area contributed by atoms with Crippen molar-refractivity contribution in [3.63, 3.8) is 0 Å². The van der Waals surface area contributed by atoms with Gasteiger partial charge in [-0.2, -0.15) is 13.5 Å². The number of rotatable bonds is 4. The molecule has 1 saturated heterocycles. The van der Waals surface area contributed by atoms with E-state index in [4.69, 9.17) is 9.47 Å². The molecule has 0 saturated carbocycles. The Labute approximate surface area is 175 Å². The quantitative estimate of drug-likeness (QED) is 0.502. The van der Waals surface area contributed by atoms with Crippen LogP contribution in [0, 0.1) is 6.92 Å². The van der Waals surface area contributed by atoms with Gasteiger partial charge in [-0.3, -0.25) is 9.69 Å². The molecule has 0 N–H and O–H groups in total. The summed E-state index contributed by atoms with van der Waals surface area (Å²) in [6.07, 6.45) is 0.662. The van der Waals surface area contributed by atoms with Crippen LogP contribution in [-0.2, 0) is 14.3 Å². The molecule has 1 aliphatic heterocycles. The number of benzene rings is 1. The molecule has 1 aromatic rings. The van der Waals surface area contributed by atoms with Gasteiger partial charge in [0.25, 0.3) is 0 Å². The fraction of sp³-hybridized carbons (Fsp3) is 0.526. The van der Waals surface area contributed by atoms with Crippen LogP contribution in [0.15, 0.2) is 22.7 Å². The maximum Gasteiger partial charge on any atom is 0.411 e. The van der Waals surface area contributed by atoms with Crippen molar-refractivity contribution < 1.29 is 23.9 Å². The van der Waals surface area contributed by atoms with E-state index in [1.165, 1.54) is 4.90 Å². The monoisotopic (exact) mass is 459 g/mol. The van der Waals surface area contributed by atoms with Crippen molar-refractivity contribution in [3.8, 4) is 0 Å². The van der Waals surface area contributed by atoms with E-state index in [-0.39, 0.29) is 25.9 Å². The molecule has 2 rings (SSSR count). The van der Waals surface area contributed by atoms with Crippen molar-refractivity contribution >= 4 is 47.3 Å². The molecular formula is C19H26BrNO5S. The number of carbonyl (C=O) groups is 3. The van der Waals surface area contributed by atoms with Crippen LogP contribution >= 0.6 is 29.4 Å². The minimum absolute atomic E-state index is 0. The summed E-state index contributed by atoms with van der Waals surface area (Å²) in [5.41, 5.74) is 0.770. The lowest BCUT2D eigenvalue weighted by molar-refractivity contribution is -0.147. The number of likely N-dealkylation sites (tertiary alicyclic amines) is 1. The number of amides is 1. The molecule has 27 heavy (non-hydrogen) atoms.